The number of rotatable bonds is 1. The van der Waals surface area contributed by atoms with Gasteiger partial charge in [-0.15, -0.1) is 0 Å². The van der Waals surface area contributed by atoms with Crippen molar-refractivity contribution in [3.05, 3.63) is 33.9 Å². The fraction of sp³-hybridized carbons (Fsp3) is 0.0909. The summed E-state index contributed by atoms with van der Waals surface area (Å²) in [5.41, 5.74) is 5.04. The van der Waals surface area contributed by atoms with Crippen LogP contribution in [0.5, 0.6) is 5.75 Å². The van der Waals surface area contributed by atoms with Crippen LogP contribution in [0.25, 0.3) is 10.8 Å². The Morgan fingerprint density at radius 2 is 1.87 bits per heavy atom. The Kier molecular flexibility index (Phi) is 4.19. The van der Waals surface area contributed by atoms with Gasteiger partial charge < -0.3 is 22.9 Å². The van der Waals surface area contributed by atoms with E-state index in [2.05, 4.69) is 46.5 Å². The van der Waals surface area contributed by atoms with E-state index in [1.165, 1.54) is 14.3 Å². The van der Waals surface area contributed by atoms with Crippen molar-refractivity contribution in [1.82, 2.24) is 0 Å². The predicted molar refractivity (Wildman–Crippen MR) is 65.8 cm³/mol. The number of fused-ring (bicyclic) bond motifs is 1. The molecule has 0 aromatic heterocycles. The molecule has 0 aliphatic carbocycles. The zero-order valence-electron chi connectivity index (χ0n) is 8.26. The van der Waals surface area contributed by atoms with Crippen molar-refractivity contribution < 1.29 is 22.9 Å². The molecule has 0 bridgehead atoms. The minimum absolute atomic E-state index is 0. The third-order valence-corrected chi connectivity index (χ3v) is 3.22. The summed E-state index contributed by atoms with van der Waals surface area (Å²) >= 11 is 2.30. The second-order valence-corrected chi connectivity index (χ2v) is 4.32. The summed E-state index contributed by atoms with van der Waals surface area (Å²) in [6.45, 7) is 0. The molecule has 0 amide bonds. The Bertz CT molecular complexity index is 487. The van der Waals surface area contributed by atoms with Gasteiger partial charge in [0.1, 0.15) is 11.4 Å². The fourth-order valence-corrected chi connectivity index (χ4v) is 1.91. The van der Waals surface area contributed by atoms with Gasteiger partial charge in [0.25, 0.3) is 0 Å². The minimum atomic E-state index is 0. The van der Waals surface area contributed by atoms with Gasteiger partial charge in [-0.3, -0.25) is 0 Å². The number of hydrogen-bond acceptors (Lipinski definition) is 1. The van der Waals surface area contributed by atoms with Crippen molar-refractivity contribution in [2.45, 2.75) is 0 Å². The van der Waals surface area contributed by atoms with Crippen LogP contribution in [0.3, 0.4) is 0 Å². The first-order valence-corrected chi connectivity index (χ1v) is 5.38. The summed E-state index contributed by atoms with van der Waals surface area (Å²) in [6, 6.07) is 10.3. The molecule has 80 valence electrons. The Balaban J connectivity index is 0.00000112. The van der Waals surface area contributed by atoms with Gasteiger partial charge >= 0.3 is 0 Å². The van der Waals surface area contributed by atoms with Gasteiger partial charge in [0.2, 0.25) is 0 Å². The highest BCUT2D eigenvalue weighted by Gasteiger charge is 2.02. The predicted octanol–water partition coefficient (Wildman–Crippen LogP) is -0.670. The number of hydrogen-bond donors (Lipinski definition) is 1. The molecule has 4 heteroatoms. The lowest BCUT2D eigenvalue weighted by Crippen LogP contribution is -3.00. The first-order valence-electron chi connectivity index (χ1n) is 4.30. The van der Waals surface area contributed by atoms with Crippen LogP contribution in [0.2, 0.25) is 0 Å². The highest BCUT2D eigenvalue weighted by atomic mass is 127. The van der Waals surface area contributed by atoms with Crippen molar-refractivity contribution in [3.8, 4) is 5.75 Å². The summed E-state index contributed by atoms with van der Waals surface area (Å²) in [4.78, 5) is 0. The van der Waals surface area contributed by atoms with E-state index in [9.17, 15) is 0 Å². The molecule has 0 aliphatic rings. The summed E-state index contributed by atoms with van der Waals surface area (Å²) in [6.07, 6.45) is 0. The molecule has 0 saturated heterocycles. The molecule has 2 aromatic rings. The second kappa shape index (κ2) is 5.01. The maximum absolute atomic E-state index is 5.17. The first kappa shape index (κ1) is 12.5. The van der Waals surface area contributed by atoms with Crippen LogP contribution in [-0.2, 0) is 0 Å². The van der Waals surface area contributed by atoms with Gasteiger partial charge in [0.15, 0.2) is 0 Å². The molecular formula is C11H11ClINO. The van der Waals surface area contributed by atoms with Crippen LogP contribution in [0, 0.1) is 3.57 Å². The van der Waals surface area contributed by atoms with Crippen LogP contribution >= 0.6 is 22.6 Å². The maximum Gasteiger partial charge on any atom is 0.142 e. The first-order chi connectivity index (χ1) is 6.70. The summed E-state index contributed by atoms with van der Waals surface area (Å²) in [5.74, 6) is 0.887. The molecule has 0 saturated carbocycles. The molecule has 0 spiro atoms. The third-order valence-electron chi connectivity index (χ3n) is 2.21. The SMILES string of the molecule is COc1ccc2cc(I)c([NH3+])cc2c1.[Cl-]. The molecule has 0 unspecified atom stereocenters. The molecule has 2 nitrogen and oxygen atoms in total. The van der Waals surface area contributed by atoms with Gasteiger partial charge in [-0.1, -0.05) is 6.07 Å². The average Bonchev–Trinajstić information content (AvgIpc) is 2.19. The van der Waals surface area contributed by atoms with E-state index in [0.29, 0.717) is 0 Å². The number of halogens is 2. The normalized spacial score (nSPS) is 9.80. The van der Waals surface area contributed by atoms with Gasteiger partial charge in [-0.25, -0.2) is 0 Å². The quantitative estimate of drug-likeness (QED) is 0.690. The topological polar surface area (TPSA) is 36.9 Å². The summed E-state index contributed by atoms with van der Waals surface area (Å²) in [7, 11) is 1.68. The molecule has 0 heterocycles. The monoisotopic (exact) mass is 335 g/mol. The van der Waals surface area contributed by atoms with E-state index in [0.717, 1.165) is 11.4 Å². The van der Waals surface area contributed by atoms with E-state index in [1.807, 2.05) is 12.1 Å². The third kappa shape index (κ3) is 2.53. The summed E-state index contributed by atoms with van der Waals surface area (Å²) in [5, 5.41) is 2.40. The zero-order valence-corrected chi connectivity index (χ0v) is 11.2. The molecule has 15 heavy (non-hydrogen) atoms. The number of methoxy groups -OCH3 is 1. The Hall–Kier alpha value is -0.520. The Morgan fingerprint density at radius 1 is 1.13 bits per heavy atom. The molecular weight excluding hydrogens is 324 g/mol. The molecule has 2 rings (SSSR count). The summed E-state index contributed by atoms with van der Waals surface area (Å²) < 4.78 is 6.36. The number of ether oxygens (including phenoxy) is 1. The average molecular weight is 336 g/mol. The molecule has 0 radical (unpaired) electrons. The largest absolute Gasteiger partial charge is 1.00 e. The highest BCUT2D eigenvalue weighted by Crippen LogP contribution is 2.25. The standard InChI is InChI=1S/C11H10INO.ClH/c1-14-9-3-2-7-5-10(12)11(13)6-8(7)4-9;/h2-6H,13H2,1H3;1H. The van der Waals surface area contributed by atoms with Crippen LogP contribution in [0.1, 0.15) is 0 Å². The molecule has 3 N–H and O–H groups in total. The van der Waals surface area contributed by atoms with E-state index >= 15 is 0 Å². The lowest BCUT2D eigenvalue weighted by Gasteiger charge is -2.03. The van der Waals surface area contributed by atoms with Gasteiger partial charge in [0.05, 0.1) is 10.7 Å². The molecule has 2 aromatic carbocycles. The molecule has 0 fully saturated rings. The molecule has 0 aliphatic heterocycles. The fourth-order valence-electron chi connectivity index (χ4n) is 1.42. The van der Waals surface area contributed by atoms with Crippen LogP contribution in [0.4, 0.5) is 5.69 Å². The van der Waals surface area contributed by atoms with Gasteiger partial charge in [-0.2, -0.15) is 0 Å². The number of benzene rings is 2. The minimum Gasteiger partial charge on any atom is -1.00 e. The van der Waals surface area contributed by atoms with Crippen LogP contribution < -0.4 is 22.9 Å². The Labute approximate surface area is 108 Å². The van der Waals surface area contributed by atoms with Gasteiger partial charge in [0, 0.05) is 6.07 Å². The Morgan fingerprint density at radius 3 is 2.53 bits per heavy atom. The van der Waals surface area contributed by atoms with Crippen LogP contribution in [0.15, 0.2) is 30.3 Å². The van der Waals surface area contributed by atoms with E-state index < -0.39 is 0 Å². The molecule has 0 atom stereocenters. The zero-order chi connectivity index (χ0) is 10.1. The number of quaternary nitrogens is 1. The van der Waals surface area contributed by atoms with E-state index in [1.54, 1.807) is 7.11 Å². The maximum atomic E-state index is 5.17. The van der Waals surface area contributed by atoms with Crippen molar-refractivity contribution in [2.24, 2.45) is 0 Å². The van der Waals surface area contributed by atoms with E-state index in [4.69, 9.17) is 4.74 Å². The van der Waals surface area contributed by atoms with Crippen molar-refractivity contribution in [3.63, 3.8) is 0 Å². The lowest BCUT2D eigenvalue weighted by molar-refractivity contribution is -0.255. The highest BCUT2D eigenvalue weighted by molar-refractivity contribution is 14.1. The lowest BCUT2D eigenvalue weighted by atomic mass is 10.1. The second-order valence-electron chi connectivity index (χ2n) is 3.16. The smallest absolute Gasteiger partial charge is 0.142 e. The van der Waals surface area contributed by atoms with Crippen LogP contribution in [-0.4, -0.2) is 7.11 Å². The van der Waals surface area contributed by atoms with Crippen molar-refractivity contribution >= 4 is 39.1 Å². The van der Waals surface area contributed by atoms with Crippen molar-refractivity contribution in [1.29, 1.82) is 0 Å². The van der Waals surface area contributed by atoms with E-state index in [-0.39, 0.29) is 12.4 Å². The van der Waals surface area contributed by atoms with Crippen molar-refractivity contribution in [2.75, 3.05) is 7.11 Å². The van der Waals surface area contributed by atoms with Gasteiger partial charge in [-0.05, 0) is 51.6 Å².